The summed E-state index contributed by atoms with van der Waals surface area (Å²) in [6.45, 7) is 0. The molecule has 0 saturated heterocycles. The van der Waals surface area contributed by atoms with E-state index in [9.17, 15) is 17.9 Å². The second kappa shape index (κ2) is 2.71. The number of aliphatic hydroxyl groups is 1. The monoisotopic (exact) mass is 215 g/mol. The quantitative estimate of drug-likeness (QED) is 0.677. The molecule has 0 aliphatic carbocycles. The van der Waals surface area contributed by atoms with Gasteiger partial charge in [0.05, 0.1) is 11.1 Å². The van der Waals surface area contributed by atoms with Crippen LogP contribution in [0.5, 0.6) is 0 Å². The number of hydrogen-bond donors (Lipinski definition) is 2. The van der Waals surface area contributed by atoms with Crippen molar-refractivity contribution in [3.63, 3.8) is 0 Å². The Labute approximate surface area is 79.7 Å². The van der Waals surface area contributed by atoms with Crippen LogP contribution >= 0.6 is 0 Å². The molecule has 0 unspecified atom stereocenters. The van der Waals surface area contributed by atoms with Gasteiger partial charge in [0.15, 0.2) is 0 Å². The van der Waals surface area contributed by atoms with Crippen LogP contribution < -0.4 is 4.72 Å². The van der Waals surface area contributed by atoms with Crippen molar-refractivity contribution < 1.29 is 17.9 Å². The van der Waals surface area contributed by atoms with E-state index < -0.39 is 15.8 Å². The molecule has 0 amide bonds. The average molecular weight is 215 g/mol. The van der Waals surface area contributed by atoms with Gasteiger partial charge in [0.1, 0.15) is 11.6 Å². The fraction of sp³-hybridized carbons (Fsp3) is 0. The van der Waals surface area contributed by atoms with Crippen molar-refractivity contribution in [1.82, 2.24) is 4.72 Å². The average Bonchev–Trinajstić information content (AvgIpc) is 2.12. The maximum atomic E-state index is 12.8. The molecule has 0 bridgehead atoms. The lowest BCUT2D eigenvalue weighted by molar-refractivity contribution is 0.501. The van der Waals surface area contributed by atoms with E-state index in [0.29, 0.717) is 0 Å². The molecule has 0 aromatic heterocycles. The van der Waals surface area contributed by atoms with E-state index >= 15 is 0 Å². The van der Waals surface area contributed by atoms with E-state index in [1.807, 2.05) is 4.72 Å². The Kier molecular flexibility index (Phi) is 1.75. The largest absolute Gasteiger partial charge is 0.506 e. The number of halogens is 1. The smallest absolute Gasteiger partial charge is 0.262 e. The van der Waals surface area contributed by atoms with Gasteiger partial charge in [-0.25, -0.2) is 12.8 Å². The molecule has 2 N–H and O–H groups in total. The molecule has 0 fully saturated rings. The third-order valence-corrected chi connectivity index (χ3v) is 3.22. The summed E-state index contributed by atoms with van der Waals surface area (Å²) >= 11 is 0. The van der Waals surface area contributed by atoms with Crippen molar-refractivity contribution in [2.24, 2.45) is 0 Å². The SMILES string of the molecule is O=S1(=O)NC=C(O)c2cc(F)ccc21. The van der Waals surface area contributed by atoms with Gasteiger partial charge in [-0.2, -0.15) is 0 Å². The molecule has 2 rings (SSSR count). The van der Waals surface area contributed by atoms with Crippen molar-refractivity contribution in [1.29, 1.82) is 0 Å². The van der Waals surface area contributed by atoms with Gasteiger partial charge >= 0.3 is 0 Å². The highest BCUT2D eigenvalue weighted by molar-refractivity contribution is 7.89. The van der Waals surface area contributed by atoms with Gasteiger partial charge in [0.2, 0.25) is 0 Å². The lowest BCUT2D eigenvalue weighted by Crippen LogP contribution is -2.23. The van der Waals surface area contributed by atoms with Crippen LogP contribution in [0.2, 0.25) is 0 Å². The minimum Gasteiger partial charge on any atom is -0.506 e. The normalized spacial score (nSPS) is 17.9. The highest BCUT2D eigenvalue weighted by Gasteiger charge is 2.24. The number of nitrogens with one attached hydrogen (secondary N) is 1. The lowest BCUT2D eigenvalue weighted by atomic mass is 10.2. The summed E-state index contributed by atoms with van der Waals surface area (Å²) in [5.41, 5.74) is -0.0243. The number of benzene rings is 1. The van der Waals surface area contributed by atoms with Crippen molar-refractivity contribution >= 4 is 15.8 Å². The minimum atomic E-state index is -3.64. The molecule has 1 aromatic carbocycles. The number of fused-ring (bicyclic) bond motifs is 1. The predicted octanol–water partition coefficient (Wildman–Crippen LogP) is 0.974. The third kappa shape index (κ3) is 1.24. The molecular weight excluding hydrogens is 209 g/mol. The maximum Gasteiger partial charge on any atom is 0.262 e. The van der Waals surface area contributed by atoms with E-state index in [4.69, 9.17) is 0 Å². The summed E-state index contributed by atoms with van der Waals surface area (Å²) in [5.74, 6) is -0.893. The van der Waals surface area contributed by atoms with E-state index in [2.05, 4.69) is 0 Å². The fourth-order valence-electron chi connectivity index (χ4n) is 1.21. The fourth-order valence-corrected chi connectivity index (χ4v) is 2.31. The third-order valence-electron chi connectivity index (χ3n) is 1.86. The van der Waals surface area contributed by atoms with Crippen LogP contribution in [0.3, 0.4) is 0 Å². The van der Waals surface area contributed by atoms with Gasteiger partial charge < -0.3 is 5.11 Å². The Morgan fingerprint density at radius 3 is 2.79 bits per heavy atom. The van der Waals surface area contributed by atoms with Crippen molar-refractivity contribution in [2.45, 2.75) is 4.90 Å². The van der Waals surface area contributed by atoms with Gasteiger partial charge in [-0.15, -0.1) is 0 Å². The summed E-state index contributed by atoms with van der Waals surface area (Å²) in [4.78, 5) is -0.126. The first-order chi connectivity index (χ1) is 6.50. The van der Waals surface area contributed by atoms with E-state index in [-0.39, 0.29) is 16.2 Å². The van der Waals surface area contributed by atoms with Crippen molar-refractivity contribution in [3.8, 4) is 0 Å². The molecule has 0 radical (unpaired) electrons. The van der Waals surface area contributed by atoms with Gasteiger partial charge in [0.25, 0.3) is 10.0 Å². The summed E-state index contributed by atoms with van der Waals surface area (Å²) < 4.78 is 37.5. The molecule has 74 valence electrons. The standard InChI is InChI=1S/C8H6FNO3S/c9-5-1-2-8-6(3-5)7(11)4-10-14(8,12)13/h1-4,10-11H. The molecule has 4 nitrogen and oxygen atoms in total. The highest BCUT2D eigenvalue weighted by Crippen LogP contribution is 2.25. The van der Waals surface area contributed by atoms with Crippen LogP contribution in [0.1, 0.15) is 5.56 Å². The van der Waals surface area contributed by atoms with Crippen LogP contribution in [0.4, 0.5) is 4.39 Å². The number of hydrogen-bond acceptors (Lipinski definition) is 3. The molecule has 0 atom stereocenters. The van der Waals surface area contributed by atoms with Crippen molar-refractivity contribution in [3.05, 3.63) is 35.8 Å². The zero-order chi connectivity index (χ0) is 10.3. The molecular formula is C8H6FNO3S. The molecule has 1 heterocycles. The first kappa shape index (κ1) is 9.01. The summed E-state index contributed by atoms with van der Waals surface area (Å²) in [5, 5.41) is 9.29. The topological polar surface area (TPSA) is 66.4 Å². The van der Waals surface area contributed by atoms with E-state index in [0.717, 1.165) is 24.4 Å². The molecule has 0 saturated carbocycles. The van der Waals surface area contributed by atoms with E-state index in [1.165, 1.54) is 0 Å². The predicted molar refractivity (Wildman–Crippen MR) is 47.3 cm³/mol. The summed E-state index contributed by atoms with van der Waals surface area (Å²) in [7, 11) is -3.64. The first-order valence-electron chi connectivity index (χ1n) is 3.72. The molecule has 6 heteroatoms. The Hall–Kier alpha value is -1.56. The molecule has 1 aromatic rings. The molecule has 1 aliphatic heterocycles. The van der Waals surface area contributed by atoms with Crippen LogP contribution in [0, 0.1) is 5.82 Å². The zero-order valence-corrected chi connectivity index (χ0v) is 7.68. The van der Waals surface area contributed by atoms with E-state index in [1.54, 1.807) is 0 Å². The second-order valence-corrected chi connectivity index (χ2v) is 4.47. The van der Waals surface area contributed by atoms with Crippen molar-refractivity contribution in [2.75, 3.05) is 0 Å². The Balaban J connectivity index is 2.78. The van der Waals surface area contributed by atoms with Gasteiger partial charge in [-0.1, -0.05) is 0 Å². The number of aliphatic hydroxyl groups excluding tert-OH is 1. The van der Waals surface area contributed by atoms with Gasteiger partial charge in [0, 0.05) is 5.56 Å². The number of sulfonamides is 1. The van der Waals surface area contributed by atoms with Crippen LogP contribution in [0.25, 0.3) is 5.76 Å². The highest BCUT2D eigenvalue weighted by atomic mass is 32.2. The van der Waals surface area contributed by atoms with Gasteiger partial charge in [-0.05, 0) is 18.2 Å². The lowest BCUT2D eigenvalue weighted by Gasteiger charge is -2.14. The van der Waals surface area contributed by atoms with Crippen LogP contribution in [0.15, 0.2) is 29.3 Å². The minimum absolute atomic E-state index is 0.0243. The maximum absolute atomic E-state index is 12.8. The Bertz CT molecular complexity index is 521. The van der Waals surface area contributed by atoms with Crippen LogP contribution in [-0.2, 0) is 10.0 Å². The van der Waals surface area contributed by atoms with Crippen LogP contribution in [-0.4, -0.2) is 13.5 Å². The Morgan fingerprint density at radius 2 is 2.07 bits per heavy atom. The number of rotatable bonds is 0. The summed E-state index contributed by atoms with van der Waals surface area (Å²) in [6, 6.07) is 3.10. The molecule has 0 spiro atoms. The zero-order valence-electron chi connectivity index (χ0n) is 6.86. The Morgan fingerprint density at radius 1 is 1.36 bits per heavy atom. The summed E-state index contributed by atoms with van der Waals surface area (Å²) in [6.07, 6.45) is 0.914. The van der Waals surface area contributed by atoms with Gasteiger partial charge in [-0.3, -0.25) is 4.72 Å². The molecule has 1 aliphatic rings. The first-order valence-corrected chi connectivity index (χ1v) is 5.20. The second-order valence-electron chi connectivity index (χ2n) is 2.79. The molecule has 14 heavy (non-hydrogen) atoms.